The summed E-state index contributed by atoms with van der Waals surface area (Å²) in [6.45, 7) is 2.88. The van der Waals surface area contributed by atoms with Crippen LogP contribution in [0, 0.1) is 12.8 Å². The van der Waals surface area contributed by atoms with Crippen LogP contribution in [0.1, 0.15) is 54.9 Å². The Bertz CT molecular complexity index is 844. The molecular formula is C19H26N2O6S. The zero-order valence-corrected chi connectivity index (χ0v) is 16.9. The normalized spacial score (nSPS) is 15.1. The molecule has 1 aromatic carbocycles. The first kappa shape index (κ1) is 22.0. The van der Waals surface area contributed by atoms with E-state index in [4.69, 9.17) is 4.74 Å². The third-order valence-electron chi connectivity index (χ3n) is 4.65. The molecule has 0 heterocycles. The van der Waals surface area contributed by atoms with Crippen LogP contribution < -0.4 is 10.0 Å². The lowest BCUT2D eigenvalue weighted by Gasteiger charge is -2.20. The van der Waals surface area contributed by atoms with Gasteiger partial charge in [-0.25, -0.2) is 17.9 Å². The van der Waals surface area contributed by atoms with Gasteiger partial charge >= 0.3 is 5.97 Å². The zero-order valence-electron chi connectivity index (χ0n) is 16.1. The highest BCUT2D eigenvalue weighted by atomic mass is 32.2. The summed E-state index contributed by atoms with van der Waals surface area (Å²) in [5.41, 5.74) is 0.560. The van der Waals surface area contributed by atoms with E-state index in [0.717, 1.165) is 32.1 Å². The molecule has 1 fully saturated rings. The molecule has 2 N–H and O–H groups in total. The first-order valence-electron chi connectivity index (χ1n) is 9.35. The summed E-state index contributed by atoms with van der Waals surface area (Å²) in [6.07, 6.45) is 4.53. The molecule has 0 aliphatic heterocycles. The fourth-order valence-corrected chi connectivity index (χ4v) is 4.18. The predicted molar refractivity (Wildman–Crippen MR) is 102 cm³/mol. The topological polar surface area (TPSA) is 119 Å². The van der Waals surface area contributed by atoms with Crippen LogP contribution in [-0.4, -0.2) is 39.4 Å². The molecule has 1 saturated carbocycles. The average molecular weight is 410 g/mol. The maximum absolute atomic E-state index is 12.3. The van der Waals surface area contributed by atoms with Crippen molar-refractivity contribution < 1.29 is 27.5 Å². The van der Waals surface area contributed by atoms with Gasteiger partial charge in [-0.2, -0.15) is 0 Å². The molecule has 28 heavy (non-hydrogen) atoms. The maximum Gasteiger partial charge on any atom is 0.338 e. The number of carbonyl (C=O) groups is 3. The van der Waals surface area contributed by atoms with Gasteiger partial charge in [-0.05, 0) is 37.5 Å². The molecule has 0 aromatic heterocycles. The number of esters is 1. The number of sulfonamides is 1. The number of aryl methyl sites for hydroxylation is 1. The highest BCUT2D eigenvalue weighted by molar-refractivity contribution is 7.89. The van der Waals surface area contributed by atoms with Gasteiger partial charge in [0.25, 0.3) is 5.91 Å². The smallest absolute Gasteiger partial charge is 0.338 e. The third-order valence-corrected chi connectivity index (χ3v) is 6.19. The van der Waals surface area contributed by atoms with Crippen molar-refractivity contribution in [3.05, 3.63) is 29.3 Å². The minimum atomic E-state index is -3.72. The molecule has 0 spiro atoms. The van der Waals surface area contributed by atoms with Crippen molar-refractivity contribution in [2.24, 2.45) is 5.92 Å². The fourth-order valence-electron chi connectivity index (χ4n) is 3.11. The van der Waals surface area contributed by atoms with Crippen LogP contribution in [0.4, 0.5) is 0 Å². The van der Waals surface area contributed by atoms with E-state index in [9.17, 15) is 22.8 Å². The Morgan fingerprint density at radius 3 is 2.46 bits per heavy atom. The van der Waals surface area contributed by atoms with Crippen molar-refractivity contribution in [1.82, 2.24) is 10.0 Å². The Balaban J connectivity index is 1.97. The Labute approximate surface area is 165 Å². The number of benzene rings is 1. The lowest BCUT2D eigenvalue weighted by atomic mass is 9.89. The lowest BCUT2D eigenvalue weighted by molar-refractivity contribution is -0.135. The van der Waals surface area contributed by atoms with E-state index in [2.05, 4.69) is 10.0 Å². The number of hydrogen-bond donors (Lipinski definition) is 2. The summed E-state index contributed by atoms with van der Waals surface area (Å²) >= 11 is 0. The Morgan fingerprint density at radius 2 is 1.82 bits per heavy atom. The highest BCUT2D eigenvalue weighted by Crippen LogP contribution is 2.23. The average Bonchev–Trinajstić information content (AvgIpc) is 2.67. The summed E-state index contributed by atoms with van der Waals surface area (Å²) in [7, 11) is -3.72. The second-order valence-corrected chi connectivity index (χ2v) is 8.57. The maximum atomic E-state index is 12.3. The number of ether oxygens (including phenoxy) is 1. The lowest BCUT2D eigenvalue weighted by Crippen LogP contribution is -2.38. The minimum absolute atomic E-state index is 0.0467. The number of rotatable bonds is 7. The minimum Gasteiger partial charge on any atom is -0.452 e. The van der Waals surface area contributed by atoms with Gasteiger partial charge in [-0.1, -0.05) is 32.3 Å². The molecule has 1 aliphatic rings. The third kappa shape index (κ3) is 5.87. The molecule has 0 saturated heterocycles. The van der Waals surface area contributed by atoms with Crippen molar-refractivity contribution in [3.8, 4) is 0 Å². The Hall–Kier alpha value is -2.26. The quantitative estimate of drug-likeness (QED) is 0.660. The van der Waals surface area contributed by atoms with Crippen molar-refractivity contribution >= 4 is 27.8 Å². The zero-order chi connectivity index (χ0) is 20.7. The van der Waals surface area contributed by atoms with E-state index >= 15 is 0 Å². The Morgan fingerprint density at radius 1 is 1.14 bits per heavy atom. The van der Waals surface area contributed by atoms with E-state index in [1.807, 2.05) is 0 Å². The largest absolute Gasteiger partial charge is 0.452 e. The molecular weight excluding hydrogens is 384 g/mol. The molecule has 0 unspecified atom stereocenters. The van der Waals surface area contributed by atoms with Gasteiger partial charge in [0, 0.05) is 12.5 Å². The number of imide groups is 1. The van der Waals surface area contributed by atoms with Gasteiger partial charge in [-0.15, -0.1) is 0 Å². The van der Waals surface area contributed by atoms with Crippen LogP contribution in [0.25, 0.3) is 0 Å². The molecule has 1 aromatic rings. The van der Waals surface area contributed by atoms with Crippen molar-refractivity contribution in [2.45, 2.75) is 50.8 Å². The summed E-state index contributed by atoms with van der Waals surface area (Å²) in [5, 5.41) is 2.26. The van der Waals surface area contributed by atoms with Crippen molar-refractivity contribution in [1.29, 1.82) is 0 Å². The van der Waals surface area contributed by atoms with Gasteiger partial charge in [0.1, 0.15) is 0 Å². The van der Waals surface area contributed by atoms with E-state index in [1.54, 1.807) is 13.8 Å². The summed E-state index contributed by atoms with van der Waals surface area (Å²) in [4.78, 5) is 36.2. The summed E-state index contributed by atoms with van der Waals surface area (Å²) in [5.74, 6) is -2.04. The van der Waals surface area contributed by atoms with Gasteiger partial charge in [0.2, 0.25) is 15.9 Å². The highest BCUT2D eigenvalue weighted by Gasteiger charge is 2.23. The van der Waals surface area contributed by atoms with Crippen molar-refractivity contribution in [2.75, 3.05) is 13.2 Å². The van der Waals surface area contributed by atoms with Crippen LogP contribution in [0.15, 0.2) is 23.1 Å². The Kier molecular flexibility index (Phi) is 7.70. The number of amides is 2. The van der Waals surface area contributed by atoms with Crippen LogP contribution in [0.2, 0.25) is 0 Å². The molecule has 9 heteroatoms. The SMILES string of the molecule is CCNS(=O)(=O)c1ccc(C)c(C(=O)OCC(=O)NC(=O)C2CCCCC2)c1. The summed E-state index contributed by atoms with van der Waals surface area (Å²) < 4.78 is 31.5. The van der Waals surface area contributed by atoms with E-state index < -0.39 is 28.5 Å². The monoisotopic (exact) mass is 410 g/mol. The van der Waals surface area contributed by atoms with Gasteiger partial charge in [-0.3, -0.25) is 14.9 Å². The van der Waals surface area contributed by atoms with E-state index in [1.165, 1.54) is 18.2 Å². The molecule has 0 radical (unpaired) electrons. The predicted octanol–water partition coefficient (Wildman–Crippen LogP) is 1.67. The van der Waals surface area contributed by atoms with Crippen LogP contribution in [0.3, 0.4) is 0 Å². The standard InChI is InChI=1S/C19H26N2O6S/c1-3-20-28(25,26)15-10-9-13(2)16(11-15)19(24)27-12-17(22)21-18(23)14-7-5-4-6-8-14/h9-11,14,20H,3-8,12H2,1-2H3,(H,21,22,23). The molecule has 2 amide bonds. The molecule has 0 atom stereocenters. The fraction of sp³-hybridized carbons (Fsp3) is 0.526. The van der Waals surface area contributed by atoms with E-state index in [0.29, 0.717) is 5.56 Å². The van der Waals surface area contributed by atoms with Crippen LogP contribution >= 0.6 is 0 Å². The molecule has 1 aliphatic carbocycles. The van der Waals surface area contributed by atoms with Crippen molar-refractivity contribution in [3.63, 3.8) is 0 Å². The van der Waals surface area contributed by atoms with Gasteiger partial charge in [0.15, 0.2) is 6.61 Å². The second-order valence-electron chi connectivity index (χ2n) is 6.80. The number of carbonyl (C=O) groups excluding carboxylic acids is 3. The van der Waals surface area contributed by atoms with Crippen LogP contribution in [-0.2, 0) is 24.3 Å². The first-order valence-corrected chi connectivity index (χ1v) is 10.8. The molecule has 154 valence electrons. The second kappa shape index (κ2) is 9.79. The number of nitrogens with one attached hydrogen (secondary N) is 2. The van der Waals surface area contributed by atoms with Crippen LogP contribution in [0.5, 0.6) is 0 Å². The van der Waals surface area contributed by atoms with Gasteiger partial charge in [0.05, 0.1) is 10.5 Å². The molecule has 0 bridgehead atoms. The van der Waals surface area contributed by atoms with E-state index in [-0.39, 0.29) is 28.8 Å². The molecule has 8 nitrogen and oxygen atoms in total. The van der Waals surface area contributed by atoms with Gasteiger partial charge < -0.3 is 4.74 Å². The summed E-state index contributed by atoms with van der Waals surface area (Å²) in [6, 6.07) is 4.09. The first-order chi connectivity index (χ1) is 13.2. The molecule has 2 rings (SSSR count). The number of hydrogen-bond acceptors (Lipinski definition) is 6.